The van der Waals surface area contributed by atoms with Crippen molar-refractivity contribution in [2.45, 2.75) is 34.2 Å². The second-order valence-electron chi connectivity index (χ2n) is 5.52. The molecule has 0 aliphatic carbocycles. The van der Waals surface area contributed by atoms with E-state index >= 15 is 0 Å². The van der Waals surface area contributed by atoms with Gasteiger partial charge in [0.05, 0.1) is 5.69 Å². The minimum Gasteiger partial charge on any atom is -0.343 e. The largest absolute Gasteiger partial charge is 0.343 e. The number of rotatable bonds is 3. The number of carbonyl (C=O) groups excluding carboxylic acids is 1. The SMILES string of the molecule is CC.Cc1cc(CN2CC(C)C2)nc(C(=O)N(C)C)c1. The molecule has 4 nitrogen and oxygen atoms in total. The lowest BCUT2D eigenvalue weighted by Crippen LogP contribution is -2.44. The maximum atomic E-state index is 11.9. The Balaban J connectivity index is 0.000000956. The highest BCUT2D eigenvalue weighted by molar-refractivity contribution is 5.92. The first-order valence-corrected chi connectivity index (χ1v) is 7.37. The van der Waals surface area contributed by atoms with Gasteiger partial charge >= 0.3 is 0 Å². The zero-order valence-electron chi connectivity index (χ0n) is 13.6. The van der Waals surface area contributed by atoms with Crippen molar-refractivity contribution in [2.24, 2.45) is 5.92 Å². The number of likely N-dealkylation sites (tertiary alicyclic amines) is 1. The van der Waals surface area contributed by atoms with Gasteiger partial charge < -0.3 is 4.90 Å². The first-order valence-electron chi connectivity index (χ1n) is 7.37. The van der Waals surface area contributed by atoms with Crippen LogP contribution in [0.2, 0.25) is 0 Å². The van der Waals surface area contributed by atoms with Crippen LogP contribution in [0.3, 0.4) is 0 Å². The Hall–Kier alpha value is -1.42. The molecule has 1 amide bonds. The molecule has 0 spiro atoms. The van der Waals surface area contributed by atoms with Crippen molar-refractivity contribution in [1.29, 1.82) is 0 Å². The van der Waals surface area contributed by atoms with Crippen LogP contribution < -0.4 is 0 Å². The zero-order valence-corrected chi connectivity index (χ0v) is 13.6. The van der Waals surface area contributed by atoms with Gasteiger partial charge in [0.25, 0.3) is 5.91 Å². The quantitative estimate of drug-likeness (QED) is 0.852. The Labute approximate surface area is 122 Å². The summed E-state index contributed by atoms with van der Waals surface area (Å²) in [4.78, 5) is 20.3. The molecule has 0 atom stereocenters. The molecular weight excluding hydrogens is 250 g/mol. The molecule has 0 saturated carbocycles. The monoisotopic (exact) mass is 277 g/mol. The van der Waals surface area contributed by atoms with Gasteiger partial charge in [-0.2, -0.15) is 0 Å². The Morgan fingerprint density at radius 1 is 1.35 bits per heavy atom. The average molecular weight is 277 g/mol. The Bertz CT molecular complexity index is 451. The fourth-order valence-corrected chi connectivity index (χ4v) is 2.35. The molecule has 0 unspecified atom stereocenters. The average Bonchev–Trinajstić information content (AvgIpc) is 2.37. The molecule has 0 radical (unpaired) electrons. The van der Waals surface area contributed by atoms with Gasteiger partial charge in [-0.25, -0.2) is 4.98 Å². The lowest BCUT2D eigenvalue weighted by Gasteiger charge is -2.36. The molecule has 1 aromatic rings. The van der Waals surface area contributed by atoms with E-state index in [-0.39, 0.29) is 5.91 Å². The summed E-state index contributed by atoms with van der Waals surface area (Å²) < 4.78 is 0. The van der Waals surface area contributed by atoms with Crippen molar-refractivity contribution in [3.8, 4) is 0 Å². The third kappa shape index (κ3) is 4.30. The topological polar surface area (TPSA) is 36.4 Å². The molecule has 0 bridgehead atoms. The van der Waals surface area contributed by atoms with E-state index in [1.165, 1.54) is 0 Å². The van der Waals surface area contributed by atoms with Crippen molar-refractivity contribution in [3.05, 3.63) is 29.1 Å². The highest BCUT2D eigenvalue weighted by atomic mass is 16.2. The fraction of sp³-hybridized carbons (Fsp3) is 0.625. The maximum Gasteiger partial charge on any atom is 0.271 e. The maximum absolute atomic E-state index is 11.9. The Morgan fingerprint density at radius 2 is 1.95 bits per heavy atom. The molecular formula is C16H27N3O. The minimum absolute atomic E-state index is 0.0306. The van der Waals surface area contributed by atoms with Gasteiger partial charge in [0.1, 0.15) is 5.69 Å². The number of amides is 1. The van der Waals surface area contributed by atoms with Gasteiger partial charge in [0.15, 0.2) is 0 Å². The van der Waals surface area contributed by atoms with E-state index < -0.39 is 0 Å². The molecule has 20 heavy (non-hydrogen) atoms. The van der Waals surface area contributed by atoms with Crippen molar-refractivity contribution in [1.82, 2.24) is 14.8 Å². The smallest absolute Gasteiger partial charge is 0.271 e. The predicted molar refractivity (Wildman–Crippen MR) is 82.8 cm³/mol. The number of aromatic nitrogens is 1. The van der Waals surface area contributed by atoms with Crippen molar-refractivity contribution >= 4 is 5.91 Å². The van der Waals surface area contributed by atoms with Gasteiger partial charge in [-0.15, -0.1) is 0 Å². The zero-order chi connectivity index (χ0) is 15.3. The fourth-order valence-electron chi connectivity index (χ4n) is 2.35. The number of hydrogen-bond donors (Lipinski definition) is 0. The van der Waals surface area contributed by atoms with Crippen LogP contribution in [0.25, 0.3) is 0 Å². The highest BCUT2D eigenvalue weighted by Gasteiger charge is 2.23. The highest BCUT2D eigenvalue weighted by Crippen LogP contribution is 2.17. The Morgan fingerprint density at radius 3 is 2.45 bits per heavy atom. The normalized spacial score (nSPS) is 15.1. The molecule has 1 aromatic heterocycles. The van der Waals surface area contributed by atoms with E-state index in [0.29, 0.717) is 5.69 Å². The van der Waals surface area contributed by atoms with Crippen molar-refractivity contribution in [3.63, 3.8) is 0 Å². The third-order valence-electron chi connectivity index (χ3n) is 3.17. The molecule has 2 rings (SSSR count). The molecule has 4 heteroatoms. The van der Waals surface area contributed by atoms with Crippen LogP contribution in [0.4, 0.5) is 0 Å². The molecule has 1 aliphatic heterocycles. The summed E-state index contributed by atoms with van der Waals surface area (Å²) in [6.45, 7) is 11.4. The van der Waals surface area contributed by atoms with Crippen LogP contribution in [-0.4, -0.2) is 47.9 Å². The van der Waals surface area contributed by atoms with Gasteiger partial charge in [0, 0.05) is 33.7 Å². The summed E-state index contributed by atoms with van der Waals surface area (Å²) in [5.41, 5.74) is 2.63. The van der Waals surface area contributed by atoms with E-state index in [1.54, 1.807) is 19.0 Å². The summed E-state index contributed by atoms with van der Waals surface area (Å²) in [5.74, 6) is 0.759. The van der Waals surface area contributed by atoms with Gasteiger partial charge in [-0.1, -0.05) is 20.8 Å². The molecule has 1 saturated heterocycles. The number of hydrogen-bond acceptors (Lipinski definition) is 3. The van der Waals surface area contributed by atoms with E-state index in [9.17, 15) is 4.79 Å². The molecule has 2 heterocycles. The minimum atomic E-state index is -0.0306. The van der Waals surface area contributed by atoms with Gasteiger partial charge in [-0.05, 0) is 30.5 Å². The lowest BCUT2D eigenvalue weighted by molar-refractivity contribution is 0.0819. The number of pyridine rings is 1. The number of carbonyl (C=O) groups is 1. The van der Waals surface area contributed by atoms with Crippen LogP contribution in [-0.2, 0) is 6.54 Å². The lowest BCUT2D eigenvalue weighted by atomic mass is 10.0. The van der Waals surface area contributed by atoms with Crippen LogP contribution in [0, 0.1) is 12.8 Å². The molecule has 1 aliphatic rings. The first-order chi connectivity index (χ1) is 9.45. The standard InChI is InChI=1S/C14H21N3O.C2H6/c1-10-5-12(9-17-7-11(2)8-17)15-13(6-10)14(18)16(3)4;1-2/h5-6,11H,7-9H2,1-4H3;1-2H3. The summed E-state index contributed by atoms with van der Waals surface area (Å²) in [6, 6.07) is 3.92. The molecule has 112 valence electrons. The van der Waals surface area contributed by atoms with E-state index in [1.807, 2.05) is 26.8 Å². The molecule has 0 aromatic carbocycles. The summed E-state index contributed by atoms with van der Waals surface area (Å²) in [6.07, 6.45) is 0. The van der Waals surface area contributed by atoms with Crippen LogP contribution in [0.15, 0.2) is 12.1 Å². The number of aryl methyl sites for hydroxylation is 1. The van der Waals surface area contributed by atoms with Gasteiger partial charge in [-0.3, -0.25) is 9.69 Å². The second kappa shape index (κ2) is 7.39. The van der Waals surface area contributed by atoms with E-state index in [4.69, 9.17) is 0 Å². The van der Waals surface area contributed by atoms with Crippen molar-refractivity contribution < 1.29 is 4.79 Å². The summed E-state index contributed by atoms with van der Waals surface area (Å²) in [7, 11) is 3.51. The first kappa shape index (κ1) is 16.6. The molecule has 1 fully saturated rings. The van der Waals surface area contributed by atoms with Crippen LogP contribution >= 0.6 is 0 Å². The predicted octanol–water partition coefficient (Wildman–Crippen LogP) is 2.57. The second-order valence-corrected chi connectivity index (χ2v) is 5.52. The number of nitrogens with zero attached hydrogens (tertiary/aromatic N) is 3. The van der Waals surface area contributed by atoms with Crippen LogP contribution in [0.1, 0.15) is 42.5 Å². The molecule has 0 N–H and O–H groups in total. The van der Waals surface area contributed by atoms with E-state index in [2.05, 4.69) is 22.9 Å². The Kier molecular flexibility index (Phi) is 6.14. The summed E-state index contributed by atoms with van der Waals surface area (Å²) >= 11 is 0. The van der Waals surface area contributed by atoms with Crippen molar-refractivity contribution in [2.75, 3.05) is 27.2 Å². The summed E-state index contributed by atoms with van der Waals surface area (Å²) in [5, 5.41) is 0. The van der Waals surface area contributed by atoms with E-state index in [0.717, 1.165) is 36.8 Å². The van der Waals surface area contributed by atoms with Crippen LogP contribution in [0.5, 0.6) is 0 Å². The third-order valence-corrected chi connectivity index (χ3v) is 3.17. The van der Waals surface area contributed by atoms with Gasteiger partial charge in [0.2, 0.25) is 0 Å².